The first-order valence-corrected chi connectivity index (χ1v) is 21.1. The standard InChI is InChI=1S/C54H56O6/c1-6-47-38(3)39(4)53(59-36-45-25-17-10-18-26-45)54(60-47)51-37(2)31-50(58-35-44-23-15-9-16-24-44)52(40(51)5)46(55)29-27-41-28-30-48(56-33-42-19-11-7-12-20-42)49(32-41)57-34-43-21-13-8-14-22-43/h7-32,38-39,47,53-54H,6,33-36H2,1-5H3/b29-27+. The molecule has 6 aromatic carbocycles. The average molecular weight is 801 g/mol. The molecule has 0 saturated carbocycles. The second kappa shape index (κ2) is 20.3. The van der Waals surface area contributed by atoms with Crippen LogP contribution in [0.4, 0.5) is 0 Å². The third-order valence-electron chi connectivity index (χ3n) is 11.7. The molecule has 308 valence electrons. The van der Waals surface area contributed by atoms with E-state index in [0.29, 0.717) is 55.2 Å². The fourth-order valence-electron chi connectivity index (χ4n) is 8.15. The number of aryl methyl sites for hydroxylation is 1. The molecule has 1 aliphatic rings. The van der Waals surface area contributed by atoms with E-state index in [4.69, 9.17) is 23.7 Å². The number of allylic oxidation sites excluding steroid dienone is 1. The maximum atomic E-state index is 14.7. The number of benzene rings is 6. The lowest BCUT2D eigenvalue weighted by atomic mass is 9.77. The van der Waals surface area contributed by atoms with E-state index in [-0.39, 0.29) is 30.0 Å². The van der Waals surface area contributed by atoms with Gasteiger partial charge >= 0.3 is 0 Å². The number of carbonyl (C=O) groups excluding carboxylic acids is 1. The molecule has 6 nitrogen and oxygen atoms in total. The van der Waals surface area contributed by atoms with E-state index < -0.39 is 0 Å². The van der Waals surface area contributed by atoms with Crippen molar-refractivity contribution in [2.75, 3.05) is 0 Å². The Morgan fingerprint density at radius 2 is 1.10 bits per heavy atom. The third-order valence-corrected chi connectivity index (χ3v) is 11.7. The molecule has 5 atom stereocenters. The Morgan fingerprint density at radius 1 is 0.600 bits per heavy atom. The highest BCUT2D eigenvalue weighted by Gasteiger charge is 2.43. The number of carbonyl (C=O) groups is 1. The molecule has 7 rings (SSSR count). The van der Waals surface area contributed by atoms with E-state index in [1.165, 1.54) is 0 Å². The van der Waals surface area contributed by atoms with E-state index in [0.717, 1.165) is 50.9 Å². The highest BCUT2D eigenvalue weighted by molar-refractivity contribution is 6.10. The molecule has 0 amide bonds. The number of hydrogen-bond donors (Lipinski definition) is 0. The van der Waals surface area contributed by atoms with Gasteiger partial charge in [-0.25, -0.2) is 0 Å². The number of hydrogen-bond acceptors (Lipinski definition) is 6. The van der Waals surface area contributed by atoms with Gasteiger partial charge in [-0.2, -0.15) is 0 Å². The highest BCUT2D eigenvalue weighted by atomic mass is 16.6. The summed E-state index contributed by atoms with van der Waals surface area (Å²) in [4.78, 5) is 14.7. The minimum absolute atomic E-state index is 0.0476. The first-order chi connectivity index (χ1) is 29.3. The SMILES string of the molecule is CCC1OC(c2c(C)cc(OCc3ccccc3)c(C(=O)/C=C/c3ccc(OCc4ccccc4)c(OCc4ccccc4)c3)c2C)C(OCc2ccccc2)C(C)C1C. The summed E-state index contributed by atoms with van der Waals surface area (Å²) in [6, 6.07) is 48.1. The highest BCUT2D eigenvalue weighted by Crippen LogP contribution is 2.45. The fourth-order valence-corrected chi connectivity index (χ4v) is 8.15. The molecule has 6 heteroatoms. The summed E-state index contributed by atoms with van der Waals surface area (Å²) in [6.45, 7) is 12.4. The smallest absolute Gasteiger partial charge is 0.189 e. The van der Waals surface area contributed by atoms with Gasteiger partial charge in [0.1, 0.15) is 31.7 Å². The van der Waals surface area contributed by atoms with E-state index in [1.807, 2.05) is 146 Å². The van der Waals surface area contributed by atoms with Crippen LogP contribution in [0.3, 0.4) is 0 Å². The zero-order valence-corrected chi connectivity index (χ0v) is 35.4. The Morgan fingerprint density at radius 3 is 1.63 bits per heavy atom. The van der Waals surface area contributed by atoms with Gasteiger partial charge in [0.25, 0.3) is 0 Å². The van der Waals surface area contributed by atoms with Gasteiger partial charge in [-0.05, 0) is 101 Å². The summed E-state index contributed by atoms with van der Waals surface area (Å²) >= 11 is 0. The molecule has 1 heterocycles. The van der Waals surface area contributed by atoms with Crippen LogP contribution in [0, 0.1) is 25.7 Å². The van der Waals surface area contributed by atoms with E-state index >= 15 is 0 Å². The quantitative estimate of drug-likeness (QED) is 0.0676. The van der Waals surface area contributed by atoms with Crippen molar-refractivity contribution >= 4 is 11.9 Å². The Balaban J connectivity index is 1.22. The molecule has 0 aliphatic carbocycles. The predicted molar refractivity (Wildman–Crippen MR) is 239 cm³/mol. The normalized spacial score (nSPS) is 18.9. The van der Waals surface area contributed by atoms with E-state index in [9.17, 15) is 4.79 Å². The molecule has 1 aliphatic heterocycles. The summed E-state index contributed by atoms with van der Waals surface area (Å²) < 4.78 is 32.9. The van der Waals surface area contributed by atoms with Gasteiger partial charge in [0, 0.05) is 0 Å². The van der Waals surface area contributed by atoms with Gasteiger partial charge in [-0.1, -0.05) is 154 Å². The molecule has 1 fully saturated rings. The van der Waals surface area contributed by atoms with Crippen LogP contribution >= 0.6 is 0 Å². The second-order valence-corrected chi connectivity index (χ2v) is 15.8. The topological polar surface area (TPSA) is 63.2 Å². The van der Waals surface area contributed by atoms with Crippen molar-refractivity contribution < 1.29 is 28.5 Å². The number of rotatable bonds is 17. The second-order valence-electron chi connectivity index (χ2n) is 15.8. The summed E-state index contributed by atoms with van der Waals surface area (Å²) in [6.07, 6.45) is 3.78. The van der Waals surface area contributed by atoms with Gasteiger partial charge in [0.05, 0.1) is 24.4 Å². The first kappa shape index (κ1) is 42.2. The molecule has 1 saturated heterocycles. The first-order valence-electron chi connectivity index (χ1n) is 21.1. The zero-order chi connectivity index (χ0) is 41.8. The van der Waals surface area contributed by atoms with Crippen LogP contribution in [0.1, 0.15) is 88.2 Å². The summed E-state index contributed by atoms with van der Waals surface area (Å²) in [5, 5.41) is 0. The minimum Gasteiger partial charge on any atom is -0.488 e. The number of ketones is 1. The van der Waals surface area contributed by atoms with Crippen LogP contribution in [0.2, 0.25) is 0 Å². The van der Waals surface area contributed by atoms with Crippen LogP contribution in [-0.4, -0.2) is 18.0 Å². The number of ether oxygens (including phenoxy) is 5. The monoisotopic (exact) mass is 800 g/mol. The molecular formula is C54H56O6. The van der Waals surface area contributed by atoms with Crippen molar-refractivity contribution in [2.45, 2.75) is 85.8 Å². The van der Waals surface area contributed by atoms with Crippen LogP contribution in [0.15, 0.2) is 152 Å². The van der Waals surface area contributed by atoms with Crippen molar-refractivity contribution in [3.8, 4) is 17.2 Å². The molecular weight excluding hydrogens is 745 g/mol. The Kier molecular flexibility index (Phi) is 14.3. The summed E-state index contributed by atoms with van der Waals surface area (Å²) in [5.41, 5.74) is 8.34. The maximum absolute atomic E-state index is 14.7. The van der Waals surface area contributed by atoms with Gasteiger partial charge in [-0.3, -0.25) is 4.79 Å². The third kappa shape index (κ3) is 10.4. The Bertz CT molecular complexity index is 2320. The Hall–Kier alpha value is -5.95. The molecule has 0 spiro atoms. The van der Waals surface area contributed by atoms with Gasteiger partial charge in [0.2, 0.25) is 0 Å². The van der Waals surface area contributed by atoms with Crippen LogP contribution < -0.4 is 14.2 Å². The lowest BCUT2D eigenvalue weighted by Crippen LogP contribution is -2.46. The largest absolute Gasteiger partial charge is 0.488 e. The summed E-state index contributed by atoms with van der Waals surface area (Å²) in [5.74, 6) is 2.09. The van der Waals surface area contributed by atoms with Gasteiger partial charge in [0.15, 0.2) is 17.3 Å². The molecule has 6 aromatic rings. The molecule has 60 heavy (non-hydrogen) atoms. The lowest BCUT2D eigenvalue weighted by molar-refractivity contribution is -0.194. The maximum Gasteiger partial charge on any atom is 0.189 e. The molecule has 0 aromatic heterocycles. The average Bonchev–Trinajstić information content (AvgIpc) is 3.28. The summed E-state index contributed by atoms with van der Waals surface area (Å²) in [7, 11) is 0. The van der Waals surface area contributed by atoms with E-state index in [1.54, 1.807) is 6.08 Å². The van der Waals surface area contributed by atoms with Crippen LogP contribution in [0.5, 0.6) is 17.2 Å². The van der Waals surface area contributed by atoms with Gasteiger partial charge < -0.3 is 23.7 Å². The van der Waals surface area contributed by atoms with Gasteiger partial charge in [-0.15, -0.1) is 0 Å². The molecule has 0 radical (unpaired) electrons. The molecule has 5 unspecified atom stereocenters. The van der Waals surface area contributed by atoms with Crippen LogP contribution in [-0.2, 0) is 35.9 Å². The predicted octanol–water partition coefficient (Wildman–Crippen LogP) is 12.6. The zero-order valence-electron chi connectivity index (χ0n) is 35.4. The van der Waals surface area contributed by atoms with Crippen molar-refractivity contribution in [3.63, 3.8) is 0 Å². The lowest BCUT2D eigenvalue weighted by Gasteiger charge is -2.45. The van der Waals surface area contributed by atoms with E-state index in [2.05, 4.69) is 39.8 Å². The molecule has 0 N–H and O–H groups in total. The fraction of sp³-hybridized carbons (Fsp3) is 0.278. The van der Waals surface area contributed by atoms with Crippen molar-refractivity contribution in [1.29, 1.82) is 0 Å². The van der Waals surface area contributed by atoms with Crippen molar-refractivity contribution in [1.82, 2.24) is 0 Å². The van der Waals surface area contributed by atoms with Crippen molar-refractivity contribution in [2.24, 2.45) is 11.8 Å². The van der Waals surface area contributed by atoms with Crippen molar-refractivity contribution in [3.05, 3.63) is 202 Å². The minimum atomic E-state index is -0.378. The van der Waals surface area contributed by atoms with Crippen LogP contribution in [0.25, 0.3) is 6.08 Å². The Labute approximate surface area is 355 Å². The molecule has 0 bridgehead atoms.